The monoisotopic (exact) mass is 278 g/mol. The number of aryl methyl sites for hydroxylation is 1. The van der Waals surface area contributed by atoms with Crippen LogP contribution in [0.5, 0.6) is 0 Å². The minimum atomic E-state index is -3.30. The minimum Gasteiger partial charge on any atom is -0.384 e. The Morgan fingerprint density at radius 3 is 2.63 bits per heavy atom. The molecule has 0 spiro atoms. The Kier molecular flexibility index (Phi) is 3.15. The molecule has 0 radical (unpaired) electrons. The van der Waals surface area contributed by atoms with Crippen molar-refractivity contribution in [2.24, 2.45) is 5.73 Å². The average molecular weight is 278 g/mol. The van der Waals surface area contributed by atoms with Gasteiger partial charge in [0.1, 0.15) is 10.7 Å². The van der Waals surface area contributed by atoms with Gasteiger partial charge in [-0.1, -0.05) is 6.07 Å². The molecule has 2 rings (SSSR count). The molecule has 2 aromatic rings. The summed E-state index contributed by atoms with van der Waals surface area (Å²) in [7, 11) is -3.30. The molecule has 0 aliphatic rings. The zero-order valence-electron chi connectivity index (χ0n) is 10.6. The molecule has 0 unspecified atom stereocenters. The van der Waals surface area contributed by atoms with Crippen LogP contribution in [0.4, 0.5) is 0 Å². The lowest BCUT2D eigenvalue weighted by Crippen LogP contribution is -2.15. The Morgan fingerprint density at radius 1 is 1.42 bits per heavy atom. The highest BCUT2D eigenvalue weighted by Gasteiger charge is 2.13. The third-order valence-corrected chi connectivity index (χ3v) is 3.74. The predicted molar refractivity (Wildman–Crippen MR) is 72.4 cm³/mol. The van der Waals surface area contributed by atoms with Gasteiger partial charge in [-0.15, -0.1) is 0 Å². The number of rotatable bonds is 3. The van der Waals surface area contributed by atoms with Gasteiger partial charge in [-0.3, -0.25) is 5.41 Å². The summed E-state index contributed by atoms with van der Waals surface area (Å²) in [6, 6.07) is 5.35. The van der Waals surface area contributed by atoms with Crippen molar-refractivity contribution in [3.63, 3.8) is 0 Å². The standard InChI is InChI=1S/C12H14N4O2S/c1-8-3-4-10(12(13)14)11(5-8)16-7-9(6-15-16)19(2,17)18/h3-7H,1-2H3,(H3,13,14). The van der Waals surface area contributed by atoms with Crippen molar-refractivity contribution in [2.75, 3.05) is 6.26 Å². The lowest BCUT2D eigenvalue weighted by Gasteiger charge is -2.09. The van der Waals surface area contributed by atoms with E-state index >= 15 is 0 Å². The van der Waals surface area contributed by atoms with Crippen LogP contribution >= 0.6 is 0 Å². The first-order valence-electron chi connectivity index (χ1n) is 5.49. The Hall–Kier alpha value is -2.15. The summed E-state index contributed by atoms with van der Waals surface area (Å²) < 4.78 is 24.3. The van der Waals surface area contributed by atoms with Gasteiger partial charge in [0.15, 0.2) is 9.84 Å². The molecule has 1 aromatic carbocycles. The van der Waals surface area contributed by atoms with Crippen LogP contribution < -0.4 is 5.73 Å². The Balaban J connectivity index is 2.62. The molecule has 3 N–H and O–H groups in total. The van der Waals surface area contributed by atoms with Crippen molar-refractivity contribution in [1.29, 1.82) is 5.41 Å². The Labute approximate surface area is 111 Å². The number of nitrogens with two attached hydrogens (primary N) is 1. The van der Waals surface area contributed by atoms with Gasteiger partial charge in [0.2, 0.25) is 0 Å². The minimum absolute atomic E-state index is 0.0913. The highest BCUT2D eigenvalue weighted by molar-refractivity contribution is 7.90. The maximum Gasteiger partial charge on any atom is 0.178 e. The lowest BCUT2D eigenvalue weighted by atomic mass is 10.1. The van der Waals surface area contributed by atoms with E-state index in [9.17, 15) is 8.42 Å². The summed E-state index contributed by atoms with van der Waals surface area (Å²) in [6.45, 7) is 1.90. The van der Waals surface area contributed by atoms with E-state index in [2.05, 4.69) is 5.10 Å². The third-order valence-electron chi connectivity index (χ3n) is 2.68. The van der Waals surface area contributed by atoms with E-state index in [0.29, 0.717) is 11.3 Å². The second-order valence-corrected chi connectivity index (χ2v) is 6.34. The number of benzene rings is 1. The first kappa shape index (κ1) is 13.3. The molecule has 0 saturated heterocycles. The highest BCUT2D eigenvalue weighted by Crippen LogP contribution is 2.18. The van der Waals surface area contributed by atoms with Crippen molar-refractivity contribution in [1.82, 2.24) is 9.78 Å². The van der Waals surface area contributed by atoms with Gasteiger partial charge in [-0.05, 0) is 24.6 Å². The summed E-state index contributed by atoms with van der Waals surface area (Å²) in [5, 5.41) is 11.6. The molecular weight excluding hydrogens is 264 g/mol. The van der Waals surface area contributed by atoms with Crippen LogP contribution in [0.25, 0.3) is 5.69 Å². The van der Waals surface area contributed by atoms with E-state index < -0.39 is 9.84 Å². The smallest absolute Gasteiger partial charge is 0.178 e. The third kappa shape index (κ3) is 2.65. The van der Waals surface area contributed by atoms with E-state index in [-0.39, 0.29) is 10.7 Å². The predicted octanol–water partition coefficient (Wildman–Crippen LogP) is 0.868. The van der Waals surface area contributed by atoms with Crippen LogP contribution in [-0.4, -0.2) is 30.3 Å². The second-order valence-electron chi connectivity index (χ2n) is 4.33. The molecule has 1 aromatic heterocycles. The first-order valence-corrected chi connectivity index (χ1v) is 7.38. The molecule has 19 heavy (non-hydrogen) atoms. The molecule has 0 bridgehead atoms. The van der Waals surface area contributed by atoms with Crippen LogP contribution in [0.3, 0.4) is 0 Å². The average Bonchev–Trinajstić information content (AvgIpc) is 2.77. The fourth-order valence-electron chi connectivity index (χ4n) is 1.69. The van der Waals surface area contributed by atoms with Crippen molar-refractivity contribution >= 4 is 15.7 Å². The van der Waals surface area contributed by atoms with Crippen molar-refractivity contribution in [2.45, 2.75) is 11.8 Å². The summed E-state index contributed by atoms with van der Waals surface area (Å²) >= 11 is 0. The van der Waals surface area contributed by atoms with Crippen LogP contribution in [-0.2, 0) is 9.84 Å². The van der Waals surface area contributed by atoms with Crippen LogP contribution in [0.2, 0.25) is 0 Å². The number of hydrogen-bond donors (Lipinski definition) is 2. The fraction of sp³-hybridized carbons (Fsp3) is 0.167. The second kappa shape index (κ2) is 4.51. The topological polar surface area (TPSA) is 102 Å². The molecule has 0 amide bonds. The van der Waals surface area contributed by atoms with Gasteiger partial charge < -0.3 is 5.73 Å². The summed E-state index contributed by atoms with van der Waals surface area (Å²) in [5.41, 5.74) is 7.58. The van der Waals surface area contributed by atoms with Gasteiger partial charge in [0.05, 0.1) is 11.9 Å². The number of aromatic nitrogens is 2. The fourth-order valence-corrected chi connectivity index (χ4v) is 2.22. The van der Waals surface area contributed by atoms with E-state index in [1.807, 2.05) is 13.0 Å². The van der Waals surface area contributed by atoms with Gasteiger partial charge in [-0.2, -0.15) is 5.10 Å². The number of sulfone groups is 1. The maximum atomic E-state index is 11.4. The Bertz CT molecular complexity index is 747. The van der Waals surface area contributed by atoms with Crippen molar-refractivity contribution < 1.29 is 8.42 Å². The number of nitrogen functional groups attached to an aromatic ring is 1. The maximum absolute atomic E-state index is 11.4. The summed E-state index contributed by atoms with van der Waals surface area (Å²) in [6.07, 6.45) is 3.81. The molecule has 6 nitrogen and oxygen atoms in total. The zero-order valence-corrected chi connectivity index (χ0v) is 11.4. The molecule has 0 fully saturated rings. The summed E-state index contributed by atoms with van der Waals surface area (Å²) in [4.78, 5) is 0.128. The largest absolute Gasteiger partial charge is 0.384 e. The number of nitrogens with zero attached hydrogens (tertiary/aromatic N) is 2. The molecule has 7 heteroatoms. The first-order chi connectivity index (χ1) is 8.79. The van der Waals surface area contributed by atoms with E-state index in [4.69, 9.17) is 11.1 Å². The number of nitrogens with one attached hydrogen (secondary N) is 1. The van der Waals surface area contributed by atoms with Gasteiger partial charge in [0, 0.05) is 18.0 Å². The summed E-state index contributed by atoms with van der Waals surface area (Å²) in [5.74, 6) is -0.0913. The van der Waals surface area contributed by atoms with Crippen LogP contribution in [0, 0.1) is 12.3 Å². The molecule has 100 valence electrons. The normalized spacial score (nSPS) is 11.5. The SMILES string of the molecule is Cc1ccc(C(=N)N)c(-n2cc(S(C)(=O)=O)cn2)c1. The molecule has 0 aliphatic heterocycles. The molecule has 1 heterocycles. The van der Waals surface area contributed by atoms with Crippen molar-refractivity contribution in [3.8, 4) is 5.69 Å². The molecule has 0 saturated carbocycles. The van der Waals surface area contributed by atoms with Crippen molar-refractivity contribution in [3.05, 3.63) is 41.7 Å². The molecule has 0 atom stereocenters. The highest BCUT2D eigenvalue weighted by atomic mass is 32.2. The van der Waals surface area contributed by atoms with Crippen LogP contribution in [0.1, 0.15) is 11.1 Å². The van der Waals surface area contributed by atoms with E-state index in [0.717, 1.165) is 11.8 Å². The number of hydrogen-bond acceptors (Lipinski definition) is 4. The van der Waals surface area contributed by atoms with Crippen LogP contribution in [0.15, 0.2) is 35.5 Å². The van der Waals surface area contributed by atoms with Gasteiger partial charge in [-0.25, -0.2) is 13.1 Å². The quantitative estimate of drug-likeness (QED) is 0.642. The van der Waals surface area contributed by atoms with E-state index in [1.54, 1.807) is 12.1 Å². The molecule has 0 aliphatic carbocycles. The number of amidine groups is 1. The zero-order chi connectivity index (χ0) is 14.2. The lowest BCUT2D eigenvalue weighted by molar-refractivity contribution is 0.602. The van der Waals surface area contributed by atoms with Gasteiger partial charge >= 0.3 is 0 Å². The van der Waals surface area contributed by atoms with E-state index in [1.165, 1.54) is 17.1 Å². The Morgan fingerprint density at radius 2 is 2.11 bits per heavy atom. The van der Waals surface area contributed by atoms with Gasteiger partial charge in [0.25, 0.3) is 0 Å². The molecular formula is C12H14N4O2S.